The van der Waals surface area contributed by atoms with Crippen LogP contribution in [0.15, 0.2) is 24.3 Å². The van der Waals surface area contributed by atoms with Gasteiger partial charge in [-0.05, 0) is 57.0 Å². The van der Waals surface area contributed by atoms with Crippen LogP contribution in [0.4, 0.5) is 4.39 Å². The molecule has 0 radical (unpaired) electrons. The Kier molecular flexibility index (Phi) is 5.34. The maximum atomic E-state index is 13.2. The van der Waals surface area contributed by atoms with Gasteiger partial charge in [-0.25, -0.2) is 4.39 Å². The number of hydrogen-bond donors (Lipinski definition) is 1. The standard InChI is InChI=1S/C16H25FN2/c1-3-18-15-7-9-16(10-8-15)19(2)12-13-5-4-6-14(17)11-13/h4-6,11,15-16,18H,3,7-10,12H2,1-2H3. The first kappa shape index (κ1) is 14.5. The number of nitrogens with one attached hydrogen (secondary N) is 1. The summed E-state index contributed by atoms with van der Waals surface area (Å²) < 4.78 is 13.2. The third-order valence-electron chi connectivity index (χ3n) is 4.13. The predicted octanol–water partition coefficient (Wildman–Crippen LogP) is 3.18. The van der Waals surface area contributed by atoms with Gasteiger partial charge in [0.15, 0.2) is 0 Å². The lowest BCUT2D eigenvalue weighted by molar-refractivity contribution is 0.168. The lowest BCUT2D eigenvalue weighted by Crippen LogP contribution is -2.40. The summed E-state index contributed by atoms with van der Waals surface area (Å²) in [6, 6.07) is 8.28. The highest BCUT2D eigenvalue weighted by Crippen LogP contribution is 2.23. The van der Waals surface area contributed by atoms with Gasteiger partial charge < -0.3 is 5.32 Å². The minimum absolute atomic E-state index is 0.137. The van der Waals surface area contributed by atoms with E-state index >= 15 is 0 Å². The number of benzene rings is 1. The van der Waals surface area contributed by atoms with Gasteiger partial charge in [-0.3, -0.25) is 4.90 Å². The lowest BCUT2D eigenvalue weighted by atomic mass is 9.90. The topological polar surface area (TPSA) is 15.3 Å². The molecule has 3 heteroatoms. The summed E-state index contributed by atoms with van der Waals surface area (Å²) in [6.45, 7) is 4.07. The van der Waals surface area contributed by atoms with Crippen LogP contribution in [0.25, 0.3) is 0 Å². The van der Waals surface area contributed by atoms with Gasteiger partial charge in [0.05, 0.1) is 0 Å². The Balaban J connectivity index is 1.82. The van der Waals surface area contributed by atoms with Crippen molar-refractivity contribution in [1.82, 2.24) is 10.2 Å². The molecule has 106 valence electrons. The van der Waals surface area contributed by atoms with Crippen molar-refractivity contribution >= 4 is 0 Å². The van der Waals surface area contributed by atoms with Gasteiger partial charge in [0.25, 0.3) is 0 Å². The fraction of sp³-hybridized carbons (Fsp3) is 0.625. The largest absolute Gasteiger partial charge is 0.314 e. The molecule has 1 aliphatic rings. The van der Waals surface area contributed by atoms with Crippen molar-refractivity contribution in [2.24, 2.45) is 0 Å². The second-order valence-electron chi connectivity index (χ2n) is 5.61. The summed E-state index contributed by atoms with van der Waals surface area (Å²) in [7, 11) is 2.16. The summed E-state index contributed by atoms with van der Waals surface area (Å²) in [5, 5.41) is 3.53. The van der Waals surface area contributed by atoms with Crippen molar-refractivity contribution in [3.8, 4) is 0 Å². The van der Waals surface area contributed by atoms with Gasteiger partial charge in [-0.2, -0.15) is 0 Å². The van der Waals surface area contributed by atoms with Gasteiger partial charge in [-0.1, -0.05) is 19.1 Å². The van der Waals surface area contributed by atoms with Gasteiger partial charge in [0, 0.05) is 18.6 Å². The first-order valence-electron chi connectivity index (χ1n) is 7.37. The van der Waals surface area contributed by atoms with E-state index in [0.29, 0.717) is 12.1 Å². The second kappa shape index (κ2) is 7.01. The van der Waals surface area contributed by atoms with Crippen LogP contribution in [0.3, 0.4) is 0 Å². The number of hydrogen-bond acceptors (Lipinski definition) is 2. The molecule has 0 heterocycles. The SMILES string of the molecule is CCNC1CCC(N(C)Cc2cccc(F)c2)CC1. The highest BCUT2D eigenvalue weighted by Gasteiger charge is 2.23. The van der Waals surface area contributed by atoms with Crippen LogP contribution in [-0.2, 0) is 6.54 Å². The Labute approximate surface area is 116 Å². The fourth-order valence-corrected chi connectivity index (χ4v) is 3.06. The molecule has 0 bridgehead atoms. The van der Waals surface area contributed by atoms with Crippen molar-refractivity contribution in [2.75, 3.05) is 13.6 Å². The van der Waals surface area contributed by atoms with E-state index in [2.05, 4.69) is 24.2 Å². The van der Waals surface area contributed by atoms with Gasteiger partial charge in [0.1, 0.15) is 5.82 Å². The molecule has 0 atom stereocenters. The van der Waals surface area contributed by atoms with Crippen molar-refractivity contribution in [3.63, 3.8) is 0 Å². The molecule has 0 aromatic heterocycles. The molecule has 1 aromatic rings. The highest BCUT2D eigenvalue weighted by molar-refractivity contribution is 5.16. The number of halogens is 1. The quantitative estimate of drug-likeness (QED) is 0.878. The zero-order valence-corrected chi connectivity index (χ0v) is 12.0. The van der Waals surface area contributed by atoms with Crippen molar-refractivity contribution in [1.29, 1.82) is 0 Å². The van der Waals surface area contributed by atoms with Crippen LogP contribution in [0.1, 0.15) is 38.2 Å². The first-order valence-corrected chi connectivity index (χ1v) is 7.37. The van der Waals surface area contributed by atoms with Crippen molar-refractivity contribution in [3.05, 3.63) is 35.6 Å². The molecule has 2 rings (SSSR count). The smallest absolute Gasteiger partial charge is 0.123 e. The maximum Gasteiger partial charge on any atom is 0.123 e. The molecular formula is C16H25FN2. The molecule has 2 nitrogen and oxygen atoms in total. The van der Waals surface area contributed by atoms with Gasteiger partial charge in [0.2, 0.25) is 0 Å². The van der Waals surface area contributed by atoms with E-state index in [-0.39, 0.29) is 5.82 Å². The molecule has 0 unspecified atom stereocenters. The van der Waals surface area contributed by atoms with E-state index in [9.17, 15) is 4.39 Å². The van der Waals surface area contributed by atoms with E-state index in [1.807, 2.05) is 6.07 Å². The Morgan fingerprint density at radius 2 is 2.00 bits per heavy atom. The van der Waals surface area contributed by atoms with Gasteiger partial charge >= 0.3 is 0 Å². The molecule has 1 saturated carbocycles. The van der Waals surface area contributed by atoms with Crippen LogP contribution >= 0.6 is 0 Å². The van der Waals surface area contributed by atoms with Crippen LogP contribution in [0, 0.1) is 5.82 Å². The number of rotatable bonds is 5. The van der Waals surface area contributed by atoms with Crippen LogP contribution in [-0.4, -0.2) is 30.6 Å². The van der Waals surface area contributed by atoms with E-state index in [0.717, 1.165) is 18.7 Å². The third-order valence-corrected chi connectivity index (χ3v) is 4.13. The summed E-state index contributed by atoms with van der Waals surface area (Å²) in [6.07, 6.45) is 4.99. The molecule has 0 amide bonds. The molecule has 0 spiro atoms. The first-order chi connectivity index (χ1) is 9.19. The Morgan fingerprint density at radius 1 is 1.26 bits per heavy atom. The summed E-state index contributed by atoms with van der Waals surface area (Å²) in [5.74, 6) is -0.137. The molecular weight excluding hydrogens is 239 g/mol. The average Bonchev–Trinajstić information content (AvgIpc) is 2.40. The summed E-state index contributed by atoms with van der Waals surface area (Å²) in [5.41, 5.74) is 1.07. The van der Waals surface area contributed by atoms with Crippen LogP contribution in [0.2, 0.25) is 0 Å². The van der Waals surface area contributed by atoms with Gasteiger partial charge in [-0.15, -0.1) is 0 Å². The lowest BCUT2D eigenvalue weighted by Gasteiger charge is -2.35. The summed E-state index contributed by atoms with van der Waals surface area (Å²) in [4.78, 5) is 2.37. The van der Waals surface area contributed by atoms with Crippen LogP contribution in [0.5, 0.6) is 0 Å². The molecule has 1 aliphatic carbocycles. The highest BCUT2D eigenvalue weighted by atomic mass is 19.1. The Hall–Kier alpha value is -0.930. The molecule has 0 aliphatic heterocycles. The van der Waals surface area contributed by atoms with Crippen LogP contribution < -0.4 is 5.32 Å². The average molecular weight is 264 g/mol. The molecule has 0 saturated heterocycles. The summed E-state index contributed by atoms with van der Waals surface area (Å²) >= 11 is 0. The molecule has 1 aromatic carbocycles. The van der Waals surface area contributed by atoms with E-state index in [1.54, 1.807) is 12.1 Å². The molecule has 1 fully saturated rings. The molecule has 19 heavy (non-hydrogen) atoms. The van der Waals surface area contributed by atoms with E-state index < -0.39 is 0 Å². The Morgan fingerprint density at radius 3 is 2.63 bits per heavy atom. The minimum Gasteiger partial charge on any atom is -0.314 e. The predicted molar refractivity (Wildman–Crippen MR) is 77.6 cm³/mol. The molecule has 1 N–H and O–H groups in total. The maximum absolute atomic E-state index is 13.2. The fourth-order valence-electron chi connectivity index (χ4n) is 3.06. The number of nitrogens with zero attached hydrogens (tertiary/aromatic N) is 1. The zero-order chi connectivity index (χ0) is 13.7. The van der Waals surface area contributed by atoms with E-state index in [1.165, 1.54) is 31.7 Å². The minimum atomic E-state index is -0.137. The monoisotopic (exact) mass is 264 g/mol. The van der Waals surface area contributed by atoms with Crippen molar-refractivity contribution in [2.45, 2.75) is 51.2 Å². The van der Waals surface area contributed by atoms with Crippen molar-refractivity contribution < 1.29 is 4.39 Å². The Bertz CT molecular complexity index is 386. The third kappa shape index (κ3) is 4.29. The normalized spacial score (nSPS) is 23.8. The second-order valence-corrected chi connectivity index (χ2v) is 5.61. The van der Waals surface area contributed by atoms with E-state index in [4.69, 9.17) is 0 Å². The zero-order valence-electron chi connectivity index (χ0n) is 12.0.